The van der Waals surface area contributed by atoms with Crippen molar-refractivity contribution in [3.8, 4) is 0 Å². The number of hydrogen-bond acceptors (Lipinski definition) is 6. The molecule has 2 heterocycles. The Balaban J connectivity index is 1.49. The first kappa shape index (κ1) is 23.7. The van der Waals surface area contributed by atoms with Gasteiger partial charge in [-0.15, -0.1) is 0 Å². The molecule has 0 bridgehead atoms. The van der Waals surface area contributed by atoms with Gasteiger partial charge in [-0.25, -0.2) is 9.78 Å². The molecule has 0 aliphatic carbocycles. The summed E-state index contributed by atoms with van der Waals surface area (Å²) in [6.45, 7) is 8.45. The van der Waals surface area contributed by atoms with Gasteiger partial charge >= 0.3 is 6.03 Å². The molecular formula is C20H33N5O2S2. The van der Waals surface area contributed by atoms with E-state index in [1.807, 2.05) is 40.1 Å². The third kappa shape index (κ3) is 8.36. The minimum atomic E-state index is -0.130. The number of imidazole rings is 1. The summed E-state index contributed by atoms with van der Waals surface area (Å²) >= 11 is 3.24. The van der Waals surface area contributed by atoms with E-state index in [1.165, 1.54) is 17.6 Å². The highest BCUT2D eigenvalue weighted by atomic mass is 32.2. The Morgan fingerprint density at radius 3 is 2.66 bits per heavy atom. The van der Waals surface area contributed by atoms with E-state index in [0.717, 1.165) is 59.8 Å². The van der Waals surface area contributed by atoms with Crippen molar-refractivity contribution < 1.29 is 9.21 Å². The molecule has 2 rings (SSSR count). The van der Waals surface area contributed by atoms with E-state index in [-0.39, 0.29) is 6.03 Å². The van der Waals surface area contributed by atoms with Crippen molar-refractivity contribution in [2.75, 3.05) is 32.1 Å². The highest BCUT2D eigenvalue weighted by molar-refractivity contribution is 8.01. The molecule has 0 aromatic carbocycles. The lowest BCUT2D eigenvalue weighted by atomic mass is 10.3. The van der Waals surface area contributed by atoms with Gasteiger partial charge in [-0.2, -0.15) is 11.8 Å². The van der Waals surface area contributed by atoms with Crippen molar-refractivity contribution in [2.24, 2.45) is 0 Å². The van der Waals surface area contributed by atoms with Gasteiger partial charge in [0.05, 0.1) is 18.0 Å². The minimum Gasteiger partial charge on any atom is -0.464 e. The molecule has 0 aliphatic rings. The standard InChI is InChI=1S/C20H33N5O2S2/c1-15-16(2)25(17(3)22-15)10-6-9-21-20(26)23-29-12-11-28-14-19-8-7-18(27-19)13-24(4)5/h7-8H,6,9-14H2,1-5H3,(H2,21,23,26). The second kappa shape index (κ2) is 12.2. The summed E-state index contributed by atoms with van der Waals surface area (Å²) in [6.07, 6.45) is 0.879. The number of carbonyl (C=O) groups excluding carboxylic acids is 1. The molecule has 0 aliphatic heterocycles. The Kier molecular flexibility index (Phi) is 9.96. The summed E-state index contributed by atoms with van der Waals surface area (Å²) in [6, 6.07) is 3.95. The summed E-state index contributed by atoms with van der Waals surface area (Å²) in [7, 11) is 4.06. The molecule has 2 N–H and O–H groups in total. The molecule has 0 saturated heterocycles. The summed E-state index contributed by atoms with van der Waals surface area (Å²) in [5.74, 6) is 5.68. The number of thioether (sulfide) groups is 1. The van der Waals surface area contributed by atoms with Gasteiger partial charge in [-0.1, -0.05) is 0 Å². The third-order valence-corrected chi connectivity index (χ3v) is 6.40. The summed E-state index contributed by atoms with van der Waals surface area (Å²) in [5.41, 5.74) is 2.27. The van der Waals surface area contributed by atoms with Gasteiger partial charge in [-0.05, 0) is 65.4 Å². The Hall–Kier alpha value is -1.58. The second-order valence-corrected chi connectivity index (χ2v) is 9.21. The van der Waals surface area contributed by atoms with Gasteiger partial charge in [-0.3, -0.25) is 4.72 Å². The zero-order valence-corrected chi connectivity index (χ0v) is 19.7. The van der Waals surface area contributed by atoms with Crippen LogP contribution < -0.4 is 10.0 Å². The predicted molar refractivity (Wildman–Crippen MR) is 122 cm³/mol. The van der Waals surface area contributed by atoms with E-state index in [9.17, 15) is 4.79 Å². The van der Waals surface area contributed by atoms with Crippen molar-refractivity contribution in [2.45, 2.75) is 46.0 Å². The average Bonchev–Trinajstić information content (AvgIpc) is 3.19. The number of carbonyl (C=O) groups is 1. The first-order valence-electron chi connectivity index (χ1n) is 9.83. The summed E-state index contributed by atoms with van der Waals surface area (Å²) < 4.78 is 10.8. The number of nitrogens with one attached hydrogen (secondary N) is 2. The topological polar surface area (TPSA) is 75.3 Å². The van der Waals surface area contributed by atoms with E-state index in [1.54, 1.807) is 11.8 Å². The number of aromatic nitrogens is 2. The van der Waals surface area contributed by atoms with E-state index in [2.05, 4.69) is 31.4 Å². The lowest BCUT2D eigenvalue weighted by molar-refractivity contribution is 0.246. The molecule has 9 heteroatoms. The highest BCUT2D eigenvalue weighted by Gasteiger charge is 2.07. The van der Waals surface area contributed by atoms with Crippen molar-refractivity contribution in [1.82, 2.24) is 24.5 Å². The van der Waals surface area contributed by atoms with Gasteiger partial charge in [0.1, 0.15) is 17.3 Å². The normalized spacial score (nSPS) is 11.2. The van der Waals surface area contributed by atoms with Crippen LogP contribution in [0.3, 0.4) is 0 Å². The van der Waals surface area contributed by atoms with Crippen LogP contribution in [-0.4, -0.2) is 52.6 Å². The zero-order valence-electron chi connectivity index (χ0n) is 18.1. The number of furan rings is 1. The number of hydrogen-bond donors (Lipinski definition) is 2. The molecule has 2 aromatic rings. The average molecular weight is 440 g/mol. The second-order valence-electron chi connectivity index (χ2n) is 7.20. The van der Waals surface area contributed by atoms with E-state index >= 15 is 0 Å². The fourth-order valence-electron chi connectivity index (χ4n) is 2.91. The van der Waals surface area contributed by atoms with Gasteiger partial charge in [0.2, 0.25) is 0 Å². The highest BCUT2D eigenvalue weighted by Crippen LogP contribution is 2.17. The molecule has 2 amide bonds. The molecular weight excluding hydrogens is 406 g/mol. The van der Waals surface area contributed by atoms with Gasteiger partial charge < -0.3 is 19.2 Å². The maximum atomic E-state index is 11.8. The van der Waals surface area contributed by atoms with Gasteiger partial charge in [0, 0.05) is 30.3 Å². The SMILES string of the molecule is Cc1nc(C)n(CCCNC(=O)NSCCSCc2ccc(CN(C)C)o2)c1C. The lowest BCUT2D eigenvalue weighted by Crippen LogP contribution is -2.32. The van der Waals surface area contributed by atoms with E-state index < -0.39 is 0 Å². The molecule has 0 fully saturated rings. The summed E-state index contributed by atoms with van der Waals surface area (Å²) in [5, 5.41) is 2.90. The quantitative estimate of drug-likeness (QED) is 0.388. The first-order valence-corrected chi connectivity index (χ1v) is 12.0. The molecule has 29 heavy (non-hydrogen) atoms. The van der Waals surface area contributed by atoms with Crippen LogP contribution >= 0.6 is 23.7 Å². The van der Waals surface area contributed by atoms with Gasteiger partial charge in [0.15, 0.2) is 0 Å². The molecule has 0 spiro atoms. The van der Waals surface area contributed by atoms with Crippen LogP contribution in [-0.2, 0) is 18.8 Å². The van der Waals surface area contributed by atoms with Crippen LogP contribution in [0.4, 0.5) is 4.79 Å². The van der Waals surface area contributed by atoms with Crippen molar-refractivity contribution in [1.29, 1.82) is 0 Å². The van der Waals surface area contributed by atoms with Crippen LogP contribution in [0.5, 0.6) is 0 Å². The molecule has 0 atom stereocenters. The maximum Gasteiger partial charge on any atom is 0.324 e. The molecule has 0 radical (unpaired) electrons. The maximum absolute atomic E-state index is 11.8. The van der Waals surface area contributed by atoms with Crippen molar-refractivity contribution >= 4 is 29.7 Å². The largest absolute Gasteiger partial charge is 0.464 e. The number of amides is 2. The lowest BCUT2D eigenvalue weighted by Gasteiger charge is -2.09. The van der Waals surface area contributed by atoms with Crippen LogP contribution in [0.25, 0.3) is 0 Å². The Morgan fingerprint density at radius 2 is 1.97 bits per heavy atom. The molecule has 162 valence electrons. The van der Waals surface area contributed by atoms with Crippen LogP contribution in [0.15, 0.2) is 16.5 Å². The van der Waals surface area contributed by atoms with Crippen molar-refractivity contribution in [3.63, 3.8) is 0 Å². The van der Waals surface area contributed by atoms with Gasteiger partial charge in [0.25, 0.3) is 0 Å². The first-order chi connectivity index (χ1) is 13.9. The van der Waals surface area contributed by atoms with Crippen LogP contribution in [0.2, 0.25) is 0 Å². The fourth-order valence-corrected chi connectivity index (χ4v) is 4.52. The number of nitrogens with zero attached hydrogens (tertiary/aromatic N) is 3. The smallest absolute Gasteiger partial charge is 0.324 e. The predicted octanol–water partition coefficient (Wildman–Crippen LogP) is 3.73. The molecule has 0 saturated carbocycles. The zero-order chi connectivity index (χ0) is 21.2. The molecule has 0 unspecified atom stereocenters. The van der Waals surface area contributed by atoms with Crippen LogP contribution in [0, 0.1) is 20.8 Å². The summed E-state index contributed by atoms with van der Waals surface area (Å²) in [4.78, 5) is 18.4. The number of urea groups is 1. The Labute approximate surface area is 182 Å². The monoisotopic (exact) mass is 439 g/mol. The number of rotatable bonds is 12. The fraction of sp³-hybridized carbons (Fsp3) is 0.600. The van der Waals surface area contributed by atoms with E-state index in [4.69, 9.17) is 4.42 Å². The third-order valence-electron chi connectivity index (χ3n) is 4.42. The number of aryl methyl sites for hydroxylation is 2. The van der Waals surface area contributed by atoms with Crippen molar-refractivity contribution in [3.05, 3.63) is 40.9 Å². The Bertz CT molecular complexity index is 773. The Morgan fingerprint density at radius 1 is 1.21 bits per heavy atom. The van der Waals surface area contributed by atoms with E-state index in [0.29, 0.717) is 6.54 Å². The van der Waals surface area contributed by atoms with Crippen LogP contribution in [0.1, 0.15) is 35.2 Å². The molecule has 7 nitrogen and oxygen atoms in total. The molecule has 2 aromatic heterocycles. The minimum absolute atomic E-state index is 0.130.